The van der Waals surface area contributed by atoms with Gasteiger partial charge in [-0.1, -0.05) is 61.5 Å². The lowest BCUT2D eigenvalue weighted by Gasteiger charge is -2.12. The van der Waals surface area contributed by atoms with Gasteiger partial charge in [0.1, 0.15) is 5.75 Å². The van der Waals surface area contributed by atoms with Crippen molar-refractivity contribution in [2.24, 2.45) is 5.73 Å². The Hall–Kier alpha value is -3.86. The Morgan fingerprint density at radius 2 is 1.55 bits per heavy atom. The first-order chi connectivity index (χ1) is 15.0. The summed E-state index contributed by atoms with van der Waals surface area (Å²) in [4.78, 5) is 24.4. The summed E-state index contributed by atoms with van der Waals surface area (Å²) in [7, 11) is 0. The standard InChI is InChI=1S/C26H24N2O3/c1-2-20-21(28-14-8-13-22(29)24(28)23(20)25(30)26(27)31)16-19-12-7-6-11-18(19)15-17-9-4-3-5-10-17/h3-14,29H,2,15-16H2,1H3,(H2,27,31). The number of pyridine rings is 1. The molecule has 0 atom stereocenters. The van der Waals surface area contributed by atoms with E-state index in [2.05, 4.69) is 24.3 Å². The maximum absolute atomic E-state index is 12.7. The van der Waals surface area contributed by atoms with E-state index in [0.29, 0.717) is 18.4 Å². The Morgan fingerprint density at radius 1 is 0.903 bits per heavy atom. The predicted octanol–water partition coefficient (Wildman–Crippen LogP) is 4.06. The Labute approximate surface area is 180 Å². The molecule has 3 N–H and O–H groups in total. The number of benzene rings is 2. The van der Waals surface area contributed by atoms with Gasteiger partial charge in [0.2, 0.25) is 0 Å². The second-order valence-corrected chi connectivity index (χ2v) is 7.57. The Bertz CT molecular complexity index is 1270. The third-order valence-electron chi connectivity index (χ3n) is 5.67. The van der Waals surface area contributed by atoms with Crippen molar-refractivity contribution in [3.8, 4) is 5.75 Å². The molecule has 0 aliphatic carbocycles. The van der Waals surface area contributed by atoms with Gasteiger partial charge in [-0.25, -0.2) is 0 Å². The van der Waals surface area contributed by atoms with Gasteiger partial charge in [-0.2, -0.15) is 0 Å². The van der Waals surface area contributed by atoms with Gasteiger partial charge in [0.05, 0.1) is 11.1 Å². The number of Topliss-reactive ketones (excluding diaryl/α,β-unsaturated/α-hetero) is 1. The molecule has 0 radical (unpaired) electrons. The Kier molecular flexibility index (Phi) is 5.58. The monoisotopic (exact) mass is 412 g/mol. The number of rotatable bonds is 7. The number of nitrogens with two attached hydrogens (primary N) is 1. The summed E-state index contributed by atoms with van der Waals surface area (Å²) in [6.07, 6.45) is 3.69. The van der Waals surface area contributed by atoms with Crippen LogP contribution < -0.4 is 5.73 Å². The number of carbonyl (C=O) groups excluding carboxylic acids is 2. The molecule has 31 heavy (non-hydrogen) atoms. The van der Waals surface area contributed by atoms with Gasteiger partial charge < -0.3 is 15.2 Å². The van der Waals surface area contributed by atoms with Crippen LogP contribution in [0.15, 0.2) is 72.9 Å². The molecule has 2 heterocycles. The molecule has 156 valence electrons. The van der Waals surface area contributed by atoms with Crippen molar-refractivity contribution in [2.45, 2.75) is 26.2 Å². The van der Waals surface area contributed by atoms with Crippen LogP contribution in [0.2, 0.25) is 0 Å². The molecule has 5 nitrogen and oxygen atoms in total. The van der Waals surface area contributed by atoms with E-state index >= 15 is 0 Å². The summed E-state index contributed by atoms with van der Waals surface area (Å²) < 4.78 is 1.81. The quantitative estimate of drug-likeness (QED) is 0.355. The van der Waals surface area contributed by atoms with Crippen LogP contribution in [0.1, 0.15) is 45.2 Å². The summed E-state index contributed by atoms with van der Waals surface area (Å²) in [6, 6.07) is 21.7. The van der Waals surface area contributed by atoms with Crippen molar-refractivity contribution in [1.82, 2.24) is 4.40 Å². The average Bonchev–Trinajstić information content (AvgIpc) is 3.09. The van der Waals surface area contributed by atoms with Crippen LogP contribution in [0.3, 0.4) is 0 Å². The van der Waals surface area contributed by atoms with Crippen LogP contribution in [0.25, 0.3) is 5.52 Å². The fourth-order valence-corrected chi connectivity index (χ4v) is 4.24. The average molecular weight is 412 g/mol. The SMILES string of the molecule is CCc1c(C(=O)C(N)=O)c2c(O)cccn2c1Cc1ccccc1Cc1ccccc1. The van der Waals surface area contributed by atoms with Crippen molar-refractivity contribution in [3.63, 3.8) is 0 Å². The molecule has 0 aliphatic rings. The van der Waals surface area contributed by atoms with E-state index in [1.165, 1.54) is 17.2 Å². The molecular formula is C26H24N2O3. The van der Waals surface area contributed by atoms with Crippen LogP contribution in [0.5, 0.6) is 5.75 Å². The van der Waals surface area contributed by atoms with E-state index in [0.717, 1.165) is 23.2 Å². The molecule has 2 aromatic carbocycles. The van der Waals surface area contributed by atoms with E-state index in [9.17, 15) is 14.7 Å². The fraction of sp³-hybridized carbons (Fsp3) is 0.154. The van der Waals surface area contributed by atoms with Crippen molar-refractivity contribution in [3.05, 3.63) is 106 Å². The highest BCUT2D eigenvalue weighted by molar-refractivity contribution is 6.44. The van der Waals surface area contributed by atoms with Crippen LogP contribution in [0, 0.1) is 0 Å². The largest absolute Gasteiger partial charge is 0.506 e. The van der Waals surface area contributed by atoms with Gasteiger partial charge in [-0.05, 0) is 47.2 Å². The van der Waals surface area contributed by atoms with Crippen molar-refractivity contribution >= 4 is 17.2 Å². The molecule has 0 aliphatic heterocycles. The zero-order valence-electron chi connectivity index (χ0n) is 17.3. The lowest BCUT2D eigenvalue weighted by atomic mass is 9.94. The van der Waals surface area contributed by atoms with Crippen molar-refractivity contribution in [2.75, 3.05) is 0 Å². The van der Waals surface area contributed by atoms with Gasteiger partial charge in [-0.15, -0.1) is 0 Å². The van der Waals surface area contributed by atoms with Crippen LogP contribution in [0.4, 0.5) is 0 Å². The van der Waals surface area contributed by atoms with Crippen LogP contribution in [-0.4, -0.2) is 21.2 Å². The summed E-state index contributed by atoms with van der Waals surface area (Å²) >= 11 is 0. The molecule has 0 saturated heterocycles. The lowest BCUT2D eigenvalue weighted by Crippen LogP contribution is -2.24. The zero-order chi connectivity index (χ0) is 22.0. The third kappa shape index (κ3) is 3.82. The number of hydrogen-bond acceptors (Lipinski definition) is 3. The highest BCUT2D eigenvalue weighted by Gasteiger charge is 2.27. The van der Waals surface area contributed by atoms with E-state index < -0.39 is 11.7 Å². The molecule has 0 saturated carbocycles. The van der Waals surface area contributed by atoms with E-state index in [1.54, 1.807) is 12.3 Å². The van der Waals surface area contributed by atoms with Gasteiger partial charge in [-0.3, -0.25) is 9.59 Å². The molecule has 4 aromatic rings. The summed E-state index contributed by atoms with van der Waals surface area (Å²) in [5.41, 5.74) is 11.0. The minimum absolute atomic E-state index is 0.0504. The van der Waals surface area contributed by atoms with Gasteiger partial charge in [0.15, 0.2) is 0 Å². The van der Waals surface area contributed by atoms with Gasteiger partial charge in [0, 0.05) is 18.3 Å². The predicted molar refractivity (Wildman–Crippen MR) is 120 cm³/mol. The van der Waals surface area contributed by atoms with Gasteiger partial charge >= 0.3 is 0 Å². The molecule has 0 fully saturated rings. The topological polar surface area (TPSA) is 84.8 Å². The lowest BCUT2D eigenvalue weighted by molar-refractivity contribution is -0.114. The maximum Gasteiger partial charge on any atom is 0.289 e. The molecule has 0 spiro atoms. The Balaban J connectivity index is 1.86. The smallest absolute Gasteiger partial charge is 0.289 e. The van der Waals surface area contributed by atoms with Crippen molar-refractivity contribution < 1.29 is 14.7 Å². The first kappa shape index (κ1) is 20.4. The second kappa shape index (κ2) is 8.48. The molecule has 0 unspecified atom stereocenters. The highest BCUT2D eigenvalue weighted by Crippen LogP contribution is 2.33. The maximum atomic E-state index is 12.7. The van der Waals surface area contributed by atoms with Crippen molar-refractivity contribution in [1.29, 1.82) is 0 Å². The zero-order valence-corrected chi connectivity index (χ0v) is 17.3. The van der Waals surface area contributed by atoms with E-state index in [-0.39, 0.29) is 11.3 Å². The van der Waals surface area contributed by atoms with E-state index in [4.69, 9.17) is 5.73 Å². The summed E-state index contributed by atoms with van der Waals surface area (Å²) in [5.74, 6) is -1.85. The first-order valence-electron chi connectivity index (χ1n) is 10.3. The highest BCUT2D eigenvalue weighted by atomic mass is 16.3. The fourth-order valence-electron chi connectivity index (χ4n) is 4.24. The molecule has 5 heteroatoms. The molecule has 0 bridgehead atoms. The number of ketones is 1. The van der Waals surface area contributed by atoms with Crippen LogP contribution in [-0.2, 0) is 24.1 Å². The molecular weight excluding hydrogens is 388 g/mol. The summed E-state index contributed by atoms with van der Waals surface area (Å²) in [5, 5.41) is 10.5. The molecule has 4 rings (SSSR count). The normalized spacial score (nSPS) is 11.0. The first-order valence-corrected chi connectivity index (χ1v) is 10.3. The molecule has 1 amide bonds. The Morgan fingerprint density at radius 3 is 2.19 bits per heavy atom. The number of carbonyl (C=O) groups is 2. The number of aromatic hydroxyl groups is 1. The minimum Gasteiger partial charge on any atom is -0.506 e. The molecule has 2 aromatic heterocycles. The van der Waals surface area contributed by atoms with Crippen LogP contribution >= 0.6 is 0 Å². The number of fused-ring (bicyclic) bond motifs is 1. The number of primary amides is 1. The number of hydrogen-bond donors (Lipinski definition) is 2. The van der Waals surface area contributed by atoms with E-state index in [1.807, 2.05) is 41.7 Å². The number of nitrogens with zero attached hydrogens (tertiary/aromatic N) is 1. The second-order valence-electron chi connectivity index (χ2n) is 7.57. The minimum atomic E-state index is -1.03. The third-order valence-corrected chi connectivity index (χ3v) is 5.67. The summed E-state index contributed by atoms with van der Waals surface area (Å²) in [6.45, 7) is 1.93. The van der Waals surface area contributed by atoms with Gasteiger partial charge in [0.25, 0.3) is 11.7 Å². The number of amides is 1. The number of aromatic nitrogens is 1.